The maximum Gasteiger partial charge on any atom is 0.175 e. The summed E-state index contributed by atoms with van der Waals surface area (Å²) in [5, 5.41) is 0. The van der Waals surface area contributed by atoms with Crippen molar-refractivity contribution in [1.29, 1.82) is 0 Å². The second-order valence-electron chi connectivity index (χ2n) is 16.9. The van der Waals surface area contributed by atoms with E-state index in [0.717, 1.165) is 33.4 Å². The van der Waals surface area contributed by atoms with Gasteiger partial charge in [-0.2, -0.15) is 0 Å². The molecule has 6 heteroatoms. The van der Waals surface area contributed by atoms with Crippen LogP contribution in [0.4, 0.5) is 0 Å². The first-order valence-corrected chi connectivity index (χ1v) is 19.0. The molecule has 282 valence electrons. The Bertz CT molecular complexity index is 2160. The molecule has 2 heterocycles. The fourth-order valence-corrected chi connectivity index (χ4v) is 5.96. The maximum atomic E-state index is 6.60. The Kier molecular flexibility index (Phi) is 12.6. The number of pyridine rings is 2. The Morgan fingerprint density at radius 2 is 1.02 bits per heavy atom. The van der Waals surface area contributed by atoms with Gasteiger partial charge >= 0.3 is 0 Å². The number of nitrogens with two attached hydrogens (primary N) is 1. The van der Waals surface area contributed by atoms with E-state index in [1.54, 1.807) is 6.08 Å². The van der Waals surface area contributed by atoms with E-state index in [0.29, 0.717) is 30.3 Å². The number of aliphatic imine (C=N–C) groups is 3. The summed E-state index contributed by atoms with van der Waals surface area (Å²) in [7, 11) is 0. The normalized spacial score (nSPS) is 13.4. The van der Waals surface area contributed by atoms with Crippen molar-refractivity contribution < 1.29 is 0 Å². The van der Waals surface area contributed by atoms with Gasteiger partial charge in [0, 0.05) is 29.7 Å². The van der Waals surface area contributed by atoms with E-state index < -0.39 is 0 Å². The minimum Gasteiger partial charge on any atom is -0.382 e. The van der Waals surface area contributed by atoms with Gasteiger partial charge in [-0.1, -0.05) is 166 Å². The monoisotopic (exact) mass is 728 g/mol. The highest BCUT2D eigenvalue weighted by Gasteiger charge is 2.16. The predicted octanol–water partition coefficient (Wildman–Crippen LogP) is 11.2. The molecule has 0 saturated carbocycles. The molecule has 0 unspecified atom stereocenters. The van der Waals surface area contributed by atoms with E-state index in [-0.39, 0.29) is 22.1 Å². The number of aromatic nitrogens is 2. The number of benzene rings is 3. The number of hydrogen-bond acceptors (Lipinski definition) is 4. The van der Waals surface area contributed by atoms with E-state index in [4.69, 9.17) is 25.7 Å². The lowest BCUT2D eigenvalue weighted by Gasteiger charge is -2.19. The van der Waals surface area contributed by atoms with Crippen LogP contribution in [-0.2, 0) is 16.2 Å². The van der Waals surface area contributed by atoms with E-state index in [9.17, 15) is 0 Å². The summed E-state index contributed by atoms with van der Waals surface area (Å²) >= 11 is 0. The van der Waals surface area contributed by atoms with Crippen LogP contribution in [0.2, 0.25) is 0 Å². The minimum atomic E-state index is 0.0852. The Labute approximate surface area is 328 Å². The predicted molar refractivity (Wildman–Crippen MR) is 236 cm³/mol. The molecule has 0 radical (unpaired) electrons. The number of rotatable bonds is 10. The van der Waals surface area contributed by atoms with Gasteiger partial charge in [-0.3, -0.25) is 20.0 Å². The highest BCUT2D eigenvalue weighted by atomic mass is 15.0. The summed E-state index contributed by atoms with van der Waals surface area (Å²) in [5.74, 6) is 0.682. The lowest BCUT2D eigenvalue weighted by Crippen LogP contribution is -2.18. The van der Waals surface area contributed by atoms with Crippen LogP contribution in [0, 0.1) is 0 Å². The molecule has 0 atom stereocenters. The van der Waals surface area contributed by atoms with Gasteiger partial charge in [-0.15, -0.1) is 0 Å². The zero-order chi connectivity index (χ0) is 39.8. The molecule has 0 aliphatic carbocycles. The third-order valence-electron chi connectivity index (χ3n) is 9.52. The molecule has 5 aromatic rings. The van der Waals surface area contributed by atoms with Gasteiger partial charge in [-0.25, -0.2) is 4.99 Å². The molecule has 55 heavy (non-hydrogen) atoms. The maximum absolute atomic E-state index is 6.60. The lowest BCUT2D eigenvalue weighted by atomic mass is 9.86. The van der Waals surface area contributed by atoms with Crippen molar-refractivity contribution in [2.75, 3.05) is 13.1 Å². The first kappa shape index (κ1) is 40.4. The number of allylic oxidation sites excluding steroid dienone is 3. The molecule has 0 aliphatic heterocycles. The van der Waals surface area contributed by atoms with Crippen LogP contribution in [0.25, 0.3) is 27.8 Å². The van der Waals surface area contributed by atoms with Crippen molar-refractivity contribution in [1.82, 2.24) is 9.97 Å². The van der Waals surface area contributed by atoms with Crippen LogP contribution in [0.5, 0.6) is 0 Å². The van der Waals surface area contributed by atoms with Crippen molar-refractivity contribution in [2.24, 2.45) is 20.7 Å². The van der Waals surface area contributed by atoms with Crippen LogP contribution in [0.15, 0.2) is 143 Å². The van der Waals surface area contributed by atoms with Gasteiger partial charge in [0.2, 0.25) is 0 Å². The smallest absolute Gasteiger partial charge is 0.175 e. The second kappa shape index (κ2) is 17.2. The van der Waals surface area contributed by atoms with Crippen molar-refractivity contribution in [3.8, 4) is 22.3 Å². The van der Waals surface area contributed by atoms with Crippen molar-refractivity contribution >= 4 is 23.5 Å². The highest BCUT2D eigenvalue weighted by Crippen LogP contribution is 2.28. The summed E-state index contributed by atoms with van der Waals surface area (Å²) in [6, 6.07) is 33.8. The van der Waals surface area contributed by atoms with Crippen LogP contribution >= 0.6 is 0 Å². The van der Waals surface area contributed by atoms with Gasteiger partial charge in [-0.05, 0) is 67.3 Å². The Balaban J connectivity index is 1.39. The molecule has 3 aromatic carbocycles. The molecule has 2 aromatic heterocycles. The number of amidine groups is 2. The first-order valence-electron chi connectivity index (χ1n) is 19.0. The lowest BCUT2D eigenvalue weighted by molar-refractivity contribution is 0.590. The molecule has 2 N–H and O–H groups in total. The van der Waals surface area contributed by atoms with Crippen molar-refractivity contribution in [3.63, 3.8) is 0 Å². The molecule has 6 nitrogen and oxygen atoms in total. The van der Waals surface area contributed by atoms with Crippen LogP contribution in [-0.4, -0.2) is 40.9 Å². The molecular weight excluding hydrogens is 673 g/mol. The van der Waals surface area contributed by atoms with Gasteiger partial charge in [0.05, 0.1) is 13.1 Å². The third-order valence-corrected chi connectivity index (χ3v) is 9.52. The van der Waals surface area contributed by atoms with E-state index in [1.807, 2.05) is 48.9 Å². The summed E-state index contributed by atoms with van der Waals surface area (Å²) in [5.41, 5.74) is 18.2. The first-order chi connectivity index (χ1) is 26.0. The molecule has 0 spiro atoms. The second-order valence-corrected chi connectivity index (χ2v) is 16.9. The van der Waals surface area contributed by atoms with E-state index in [1.165, 1.54) is 16.7 Å². The number of hydrogen-bond donors (Lipinski definition) is 1. The summed E-state index contributed by atoms with van der Waals surface area (Å²) in [4.78, 5) is 23.8. The SMILES string of the molecule is C=C/C=C(\C=NCCN=C(N=C(N)c1ccc(-c2ccc(C(C)(C)C)cc2)cn1)c1ccc(-c2ccc(C(C)(C)C)cc2)cn1)c1ccc(C(C)(C)C)cc1. The molecule has 0 amide bonds. The Hall–Kier alpha value is -5.75. The van der Waals surface area contributed by atoms with Gasteiger partial charge < -0.3 is 5.73 Å². The molecule has 0 aliphatic rings. The van der Waals surface area contributed by atoms with E-state index >= 15 is 0 Å². The molecule has 0 bridgehead atoms. The van der Waals surface area contributed by atoms with Crippen molar-refractivity contribution in [3.05, 3.63) is 162 Å². The topological polar surface area (TPSA) is 88.9 Å². The molecular formula is C49H56N6. The quantitative estimate of drug-likeness (QED) is 0.0672. The van der Waals surface area contributed by atoms with Gasteiger partial charge in [0.15, 0.2) is 11.7 Å². The standard InChI is InChI=1S/C49H56N6/c1-11-12-37(34-13-21-40(22-14-34)47(2,3)4)31-51-29-30-52-46(44-28-20-39(33-54-44)36-17-25-42(26-18-36)49(8,9)10)55-45(50)43-27-19-38(32-53-43)35-15-23-41(24-16-35)48(5,6)7/h11-28,31-33H,1,29-30H2,2-10H3,(H2,50,52,55)/b37-12+,51-31?. The number of nitrogens with zero attached hydrogens (tertiary/aromatic N) is 5. The van der Waals surface area contributed by atoms with Crippen LogP contribution in [0.3, 0.4) is 0 Å². The van der Waals surface area contributed by atoms with Crippen molar-refractivity contribution in [2.45, 2.75) is 78.6 Å². The average molecular weight is 729 g/mol. The summed E-state index contributed by atoms with van der Waals surface area (Å²) in [6.07, 6.45) is 9.32. The molecule has 0 saturated heterocycles. The Morgan fingerprint density at radius 3 is 1.44 bits per heavy atom. The van der Waals surface area contributed by atoms with Crippen LogP contribution < -0.4 is 5.73 Å². The highest BCUT2D eigenvalue weighted by molar-refractivity contribution is 6.10. The largest absolute Gasteiger partial charge is 0.382 e. The van der Waals surface area contributed by atoms with Gasteiger partial charge in [0.1, 0.15) is 11.4 Å². The fraction of sp³-hybridized carbons (Fsp3) is 0.286. The molecule has 5 rings (SSSR count). The summed E-state index contributed by atoms with van der Waals surface area (Å²) in [6.45, 7) is 24.7. The average Bonchev–Trinajstić information content (AvgIpc) is 3.16. The zero-order valence-electron chi connectivity index (χ0n) is 34.1. The minimum absolute atomic E-state index is 0.0852. The fourth-order valence-electron chi connectivity index (χ4n) is 5.96. The zero-order valence-corrected chi connectivity index (χ0v) is 34.1. The summed E-state index contributed by atoms with van der Waals surface area (Å²) < 4.78 is 0. The Morgan fingerprint density at radius 1 is 0.582 bits per heavy atom. The van der Waals surface area contributed by atoms with Crippen LogP contribution in [0.1, 0.15) is 96.0 Å². The van der Waals surface area contributed by atoms with E-state index in [2.05, 4.69) is 147 Å². The third kappa shape index (κ3) is 10.9. The van der Waals surface area contributed by atoms with Gasteiger partial charge in [0.25, 0.3) is 0 Å². The molecule has 0 fully saturated rings.